The summed E-state index contributed by atoms with van der Waals surface area (Å²) in [4.78, 5) is 19.0. The topological polar surface area (TPSA) is 54.5 Å². The van der Waals surface area contributed by atoms with E-state index in [2.05, 4.69) is 21.3 Å². The minimum Gasteiger partial charge on any atom is -0.480 e. The zero-order valence-electron chi connectivity index (χ0n) is 13.7. The van der Waals surface area contributed by atoms with Gasteiger partial charge in [-0.2, -0.15) is 11.8 Å². The first-order valence-electron chi connectivity index (χ1n) is 7.95. The molecule has 1 fully saturated rings. The van der Waals surface area contributed by atoms with Crippen LogP contribution in [0.5, 0.6) is 5.88 Å². The normalized spacial score (nSPS) is 15.0. The van der Waals surface area contributed by atoms with E-state index < -0.39 is 0 Å². The van der Waals surface area contributed by atoms with Crippen LogP contribution in [0, 0.1) is 0 Å². The molecular weight excluding hydrogens is 322 g/mol. The lowest BCUT2D eigenvalue weighted by Crippen LogP contribution is -2.31. The zero-order valence-corrected chi connectivity index (χ0v) is 14.5. The Hall–Kier alpha value is -2.05. The van der Waals surface area contributed by atoms with E-state index in [4.69, 9.17) is 4.74 Å². The number of aromatic nitrogens is 1. The third kappa shape index (κ3) is 4.27. The Labute approximate surface area is 146 Å². The fourth-order valence-electron chi connectivity index (χ4n) is 2.69. The van der Waals surface area contributed by atoms with Crippen molar-refractivity contribution in [2.24, 2.45) is 0 Å². The van der Waals surface area contributed by atoms with Crippen molar-refractivity contribution < 1.29 is 9.53 Å². The van der Waals surface area contributed by atoms with Gasteiger partial charge in [-0.3, -0.25) is 9.69 Å². The van der Waals surface area contributed by atoms with Crippen LogP contribution in [0.4, 0.5) is 5.69 Å². The number of hydrogen-bond acceptors (Lipinski definition) is 5. The fraction of sp³-hybridized carbons (Fsp3) is 0.333. The number of anilines is 1. The van der Waals surface area contributed by atoms with Gasteiger partial charge in [0.25, 0.3) is 5.91 Å². The smallest absolute Gasteiger partial charge is 0.261 e. The minimum absolute atomic E-state index is 0.216. The number of hydrogen-bond donors (Lipinski definition) is 1. The second-order valence-corrected chi connectivity index (χ2v) is 6.83. The van der Waals surface area contributed by atoms with Crippen LogP contribution in [0.3, 0.4) is 0 Å². The van der Waals surface area contributed by atoms with Gasteiger partial charge < -0.3 is 10.1 Å². The van der Waals surface area contributed by atoms with Crippen LogP contribution in [0.25, 0.3) is 0 Å². The average molecular weight is 343 g/mol. The van der Waals surface area contributed by atoms with Gasteiger partial charge in [0, 0.05) is 43.0 Å². The lowest BCUT2D eigenvalue weighted by atomic mass is 10.1. The number of carbonyl (C=O) groups is 1. The maximum absolute atomic E-state index is 12.5. The Morgan fingerprint density at radius 1 is 1.29 bits per heavy atom. The molecular formula is C18H21N3O2S. The van der Waals surface area contributed by atoms with Crippen molar-refractivity contribution in [2.75, 3.05) is 37.0 Å². The highest BCUT2D eigenvalue weighted by atomic mass is 32.2. The number of benzene rings is 1. The summed E-state index contributed by atoms with van der Waals surface area (Å²) in [6.45, 7) is 3.16. The standard InChI is InChI=1S/C18H21N3O2S/c1-23-18-16(6-3-7-19-18)17(22)20-15-5-2-4-14(12-15)13-21-8-10-24-11-9-21/h2-7,12H,8-11,13H2,1H3,(H,20,22). The predicted octanol–water partition coefficient (Wildman–Crippen LogP) is 2.89. The molecule has 0 atom stereocenters. The molecule has 126 valence electrons. The first-order chi connectivity index (χ1) is 11.8. The Morgan fingerprint density at radius 3 is 2.92 bits per heavy atom. The molecule has 1 aliphatic rings. The first-order valence-corrected chi connectivity index (χ1v) is 9.11. The Balaban J connectivity index is 1.68. The summed E-state index contributed by atoms with van der Waals surface area (Å²) in [7, 11) is 1.51. The van der Waals surface area contributed by atoms with Gasteiger partial charge in [-0.25, -0.2) is 4.98 Å². The molecule has 0 saturated carbocycles. The maximum atomic E-state index is 12.5. The van der Waals surface area contributed by atoms with Crippen LogP contribution >= 0.6 is 11.8 Å². The Kier molecular flexibility index (Phi) is 5.72. The van der Waals surface area contributed by atoms with Crippen molar-refractivity contribution >= 4 is 23.4 Å². The minimum atomic E-state index is -0.216. The molecule has 3 rings (SSSR count). The van der Waals surface area contributed by atoms with Gasteiger partial charge in [0.2, 0.25) is 5.88 Å². The van der Waals surface area contributed by atoms with Crippen molar-refractivity contribution in [2.45, 2.75) is 6.54 Å². The van der Waals surface area contributed by atoms with Crippen molar-refractivity contribution in [3.05, 3.63) is 53.7 Å². The SMILES string of the molecule is COc1ncccc1C(=O)Nc1cccc(CN2CCSCC2)c1. The number of amides is 1. The van der Waals surface area contributed by atoms with Crippen LogP contribution < -0.4 is 10.1 Å². The van der Waals surface area contributed by atoms with Crippen LogP contribution in [-0.4, -0.2) is 47.5 Å². The molecule has 0 unspecified atom stereocenters. The van der Waals surface area contributed by atoms with Crippen LogP contribution in [-0.2, 0) is 6.54 Å². The number of thioether (sulfide) groups is 1. The number of ether oxygens (including phenoxy) is 1. The van der Waals surface area contributed by atoms with Crippen molar-refractivity contribution in [1.29, 1.82) is 0 Å². The van der Waals surface area contributed by atoms with Crippen molar-refractivity contribution in [3.63, 3.8) is 0 Å². The zero-order chi connectivity index (χ0) is 16.8. The number of nitrogens with zero attached hydrogens (tertiary/aromatic N) is 2. The summed E-state index contributed by atoms with van der Waals surface area (Å²) >= 11 is 2.01. The van der Waals surface area contributed by atoms with Gasteiger partial charge >= 0.3 is 0 Å². The fourth-order valence-corrected chi connectivity index (χ4v) is 3.67. The number of nitrogens with one attached hydrogen (secondary N) is 1. The molecule has 24 heavy (non-hydrogen) atoms. The lowest BCUT2D eigenvalue weighted by molar-refractivity contribution is 0.102. The van der Waals surface area contributed by atoms with Crippen molar-refractivity contribution in [3.8, 4) is 5.88 Å². The van der Waals surface area contributed by atoms with Gasteiger partial charge in [0.05, 0.1) is 7.11 Å². The maximum Gasteiger partial charge on any atom is 0.261 e. The summed E-state index contributed by atoms with van der Waals surface area (Å²) in [5, 5.41) is 2.93. The molecule has 1 amide bonds. The highest BCUT2D eigenvalue weighted by Gasteiger charge is 2.14. The summed E-state index contributed by atoms with van der Waals surface area (Å²) in [6, 6.07) is 11.4. The summed E-state index contributed by atoms with van der Waals surface area (Å²) in [5.74, 6) is 2.50. The van der Waals surface area contributed by atoms with E-state index in [-0.39, 0.29) is 5.91 Å². The predicted molar refractivity (Wildman–Crippen MR) is 97.8 cm³/mol. The van der Waals surface area contributed by atoms with Gasteiger partial charge in [0.1, 0.15) is 5.56 Å². The summed E-state index contributed by atoms with van der Waals surface area (Å²) in [5.41, 5.74) is 2.42. The first kappa shape index (κ1) is 16.8. The van der Waals surface area contributed by atoms with Crippen LogP contribution in [0.2, 0.25) is 0 Å². The average Bonchev–Trinajstić information content (AvgIpc) is 2.63. The van der Waals surface area contributed by atoms with Gasteiger partial charge in [-0.1, -0.05) is 12.1 Å². The highest BCUT2D eigenvalue weighted by Crippen LogP contribution is 2.19. The molecule has 0 radical (unpaired) electrons. The van der Waals surface area contributed by atoms with Crippen molar-refractivity contribution in [1.82, 2.24) is 9.88 Å². The largest absolute Gasteiger partial charge is 0.480 e. The summed E-state index contributed by atoms with van der Waals surface area (Å²) < 4.78 is 5.15. The molecule has 1 N–H and O–H groups in total. The molecule has 2 aromatic rings. The third-order valence-electron chi connectivity index (χ3n) is 3.90. The highest BCUT2D eigenvalue weighted by molar-refractivity contribution is 7.99. The number of rotatable bonds is 5. The van der Waals surface area contributed by atoms with E-state index in [1.54, 1.807) is 18.3 Å². The number of carbonyl (C=O) groups excluding carboxylic acids is 1. The second-order valence-electron chi connectivity index (χ2n) is 5.60. The number of methoxy groups -OCH3 is 1. The third-order valence-corrected chi connectivity index (χ3v) is 4.85. The molecule has 0 spiro atoms. The van der Waals surface area contributed by atoms with E-state index in [0.29, 0.717) is 11.4 Å². The van der Waals surface area contributed by atoms with Gasteiger partial charge in [-0.05, 0) is 29.8 Å². The van der Waals surface area contributed by atoms with E-state index in [0.717, 1.165) is 25.3 Å². The van der Waals surface area contributed by atoms with E-state index in [9.17, 15) is 4.79 Å². The molecule has 1 saturated heterocycles. The quantitative estimate of drug-likeness (QED) is 0.905. The number of pyridine rings is 1. The van der Waals surface area contributed by atoms with Gasteiger partial charge in [-0.15, -0.1) is 0 Å². The van der Waals surface area contributed by atoms with E-state index >= 15 is 0 Å². The second kappa shape index (κ2) is 8.17. The van der Waals surface area contributed by atoms with Crippen LogP contribution in [0.15, 0.2) is 42.6 Å². The Bertz CT molecular complexity index is 702. The molecule has 6 heteroatoms. The van der Waals surface area contributed by atoms with Gasteiger partial charge in [0.15, 0.2) is 0 Å². The molecule has 5 nitrogen and oxygen atoms in total. The molecule has 1 aromatic carbocycles. The lowest BCUT2D eigenvalue weighted by Gasteiger charge is -2.26. The summed E-state index contributed by atoms with van der Waals surface area (Å²) in [6.07, 6.45) is 1.60. The molecule has 1 aliphatic heterocycles. The molecule has 1 aromatic heterocycles. The van der Waals surface area contributed by atoms with E-state index in [1.165, 1.54) is 24.2 Å². The molecule has 0 aliphatic carbocycles. The van der Waals surface area contributed by atoms with Crippen LogP contribution in [0.1, 0.15) is 15.9 Å². The Morgan fingerprint density at radius 2 is 2.12 bits per heavy atom. The molecule has 0 bridgehead atoms. The molecule has 2 heterocycles. The van der Waals surface area contributed by atoms with E-state index in [1.807, 2.05) is 30.0 Å². The monoisotopic (exact) mass is 343 g/mol.